The molecule has 8 nitrogen and oxygen atoms in total. The molecule has 0 saturated carbocycles. The molecule has 2 heterocycles. The van der Waals surface area contributed by atoms with Gasteiger partial charge < -0.3 is 33.5 Å². The van der Waals surface area contributed by atoms with Gasteiger partial charge in [0, 0.05) is 12.1 Å². The number of esters is 1. The Bertz CT molecular complexity index is 804. The molecule has 0 fully saturated rings. The standard InChI is InChI=1S/C12H14O5.C7H6O3/c1-3-14-12(13)8(2)17-9-4-5-10-11(6-9)16-7-15-10;8-5-1-2-6-7(3-5)10-4-9-6/h4-6,8H,3,7H2,1-2H3;1-3,8H,4H2. The van der Waals surface area contributed by atoms with E-state index in [9.17, 15) is 4.79 Å². The molecule has 0 amide bonds. The first-order chi connectivity index (χ1) is 13.1. The summed E-state index contributed by atoms with van der Waals surface area (Å²) in [6.07, 6.45) is -0.643. The number of hydrogen-bond donors (Lipinski definition) is 1. The monoisotopic (exact) mass is 376 g/mol. The molecule has 2 aromatic carbocycles. The van der Waals surface area contributed by atoms with Crippen molar-refractivity contribution in [2.45, 2.75) is 20.0 Å². The van der Waals surface area contributed by atoms with Gasteiger partial charge in [0.1, 0.15) is 11.5 Å². The molecule has 4 rings (SSSR count). The molecule has 0 radical (unpaired) electrons. The lowest BCUT2D eigenvalue weighted by molar-refractivity contribution is -0.150. The molecule has 2 aliphatic heterocycles. The van der Waals surface area contributed by atoms with E-state index in [1.807, 2.05) is 0 Å². The maximum absolute atomic E-state index is 11.4. The second-order valence-corrected chi connectivity index (χ2v) is 5.56. The Morgan fingerprint density at radius 2 is 1.59 bits per heavy atom. The van der Waals surface area contributed by atoms with Crippen molar-refractivity contribution in [3.05, 3.63) is 36.4 Å². The van der Waals surface area contributed by atoms with Crippen LogP contribution in [0.2, 0.25) is 0 Å². The van der Waals surface area contributed by atoms with E-state index < -0.39 is 6.10 Å². The van der Waals surface area contributed by atoms with Gasteiger partial charge in [-0.05, 0) is 38.1 Å². The Balaban J connectivity index is 0.000000177. The fraction of sp³-hybridized carbons (Fsp3) is 0.316. The third-order valence-electron chi connectivity index (χ3n) is 3.63. The predicted octanol–water partition coefficient (Wildman–Crippen LogP) is 2.87. The van der Waals surface area contributed by atoms with Crippen molar-refractivity contribution in [1.29, 1.82) is 0 Å². The summed E-state index contributed by atoms with van der Waals surface area (Å²) in [5, 5.41) is 8.96. The SMILES string of the molecule is CCOC(=O)C(C)Oc1ccc2c(c1)OCO2.Oc1ccc2c(c1)OCO2. The molecular weight excluding hydrogens is 356 g/mol. The van der Waals surface area contributed by atoms with Gasteiger partial charge in [-0.25, -0.2) is 4.79 Å². The summed E-state index contributed by atoms with van der Waals surface area (Å²) in [7, 11) is 0. The summed E-state index contributed by atoms with van der Waals surface area (Å²) in [4.78, 5) is 11.4. The average molecular weight is 376 g/mol. The van der Waals surface area contributed by atoms with Crippen molar-refractivity contribution >= 4 is 5.97 Å². The molecule has 2 aliphatic rings. The lowest BCUT2D eigenvalue weighted by atomic mass is 10.3. The minimum atomic E-state index is -0.643. The third-order valence-corrected chi connectivity index (χ3v) is 3.63. The highest BCUT2D eigenvalue weighted by molar-refractivity contribution is 5.74. The van der Waals surface area contributed by atoms with Crippen LogP contribution in [-0.2, 0) is 9.53 Å². The number of benzene rings is 2. The first-order valence-corrected chi connectivity index (χ1v) is 8.38. The Morgan fingerprint density at radius 3 is 2.26 bits per heavy atom. The quantitative estimate of drug-likeness (QED) is 0.815. The molecule has 0 bridgehead atoms. The highest BCUT2D eigenvalue weighted by Crippen LogP contribution is 2.35. The molecule has 1 unspecified atom stereocenters. The lowest BCUT2D eigenvalue weighted by Gasteiger charge is -2.13. The van der Waals surface area contributed by atoms with Gasteiger partial charge in [0.15, 0.2) is 29.1 Å². The summed E-state index contributed by atoms with van der Waals surface area (Å²) >= 11 is 0. The molecule has 0 spiro atoms. The van der Waals surface area contributed by atoms with E-state index in [0.29, 0.717) is 35.4 Å². The maximum atomic E-state index is 11.4. The van der Waals surface area contributed by atoms with Crippen molar-refractivity contribution in [1.82, 2.24) is 0 Å². The van der Waals surface area contributed by atoms with E-state index in [2.05, 4.69) is 0 Å². The topological polar surface area (TPSA) is 92.7 Å². The van der Waals surface area contributed by atoms with Gasteiger partial charge >= 0.3 is 5.97 Å². The number of aromatic hydroxyl groups is 1. The Morgan fingerprint density at radius 1 is 1.00 bits per heavy atom. The van der Waals surface area contributed by atoms with E-state index in [4.69, 9.17) is 33.5 Å². The zero-order valence-corrected chi connectivity index (χ0v) is 15.0. The largest absolute Gasteiger partial charge is 0.508 e. The van der Waals surface area contributed by atoms with Crippen LogP contribution in [0, 0.1) is 0 Å². The molecule has 0 saturated heterocycles. The molecular formula is C19H20O8. The molecule has 2 aromatic rings. The second-order valence-electron chi connectivity index (χ2n) is 5.56. The zero-order chi connectivity index (χ0) is 19.2. The molecule has 27 heavy (non-hydrogen) atoms. The number of hydrogen-bond acceptors (Lipinski definition) is 8. The predicted molar refractivity (Wildman–Crippen MR) is 93.5 cm³/mol. The number of carbonyl (C=O) groups is 1. The molecule has 144 valence electrons. The smallest absolute Gasteiger partial charge is 0.347 e. The summed E-state index contributed by atoms with van der Waals surface area (Å²) in [5.41, 5.74) is 0. The van der Waals surface area contributed by atoms with Crippen LogP contribution in [0.25, 0.3) is 0 Å². The van der Waals surface area contributed by atoms with Gasteiger partial charge in [0.2, 0.25) is 13.6 Å². The molecule has 8 heteroatoms. The Hall–Kier alpha value is -3.29. The number of ether oxygens (including phenoxy) is 6. The second kappa shape index (κ2) is 8.39. The van der Waals surface area contributed by atoms with Crippen LogP contribution in [-0.4, -0.2) is 37.4 Å². The van der Waals surface area contributed by atoms with Crippen LogP contribution < -0.4 is 23.7 Å². The summed E-state index contributed by atoms with van der Waals surface area (Å²) in [6.45, 7) is 4.20. The Labute approximate surface area is 156 Å². The van der Waals surface area contributed by atoms with Crippen LogP contribution >= 0.6 is 0 Å². The highest BCUT2D eigenvalue weighted by atomic mass is 16.7. The van der Waals surface area contributed by atoms with Crippen LogP contribution in [0.4, 0.5) is 0 Å². The van der Waals surface area contributed by atoms with E-state index >= 15 is 0 Å². The molecule has 0 aliphatic carbocycles. The van der Waals surface area contributed by atoms with Crippen LogP contribution in [0.1, 0.15) is 13.8 Å². The number of phenolic OH excluding ortho intramolecular Hbond substituents is 1. The number of rotatable bonds is 4. The Kier molecular flexibility index (Phi) is 5.75. The van der Waals surface area contributed by atoms with Gasteiger partial charge in [-0.2, -0.15) is 0 Å². The van der Waals surface area contributed by atoms with Crippen molar-refractivity contribution < 1.29 is 38.3 Å². The summed E-state index contributed by atoms with van der Waals surface area (Å²) < 4.78 is 30.7. The van der Waals surface area contributed by atoms with Crippen molar-refractivity contribution in [3.8, 4) is 34.5 Å². The van der Waals surface area contributed by atoms with Gasteiger partial charge in [-0.15, -0.1) is 0 Å². The average Bonchev–Trinajstić information content (AvgIpc) is 3.30. The fourth-order valence-electron chi connectivity index (χ4n) is 2.35. The van der Waals surface area contributed by atoms with Crippen molar-refractivity contribution in [2.24, 2.45) is 0 Å². The van der Waals surface area contributed by atoms with Crippen LogP contribution in [0.15, 0.2) is 36.4 Å². The molecule has 1 atom stereocenters. The normalized spacial score (nSPS) is 14.0. The zero-order valence-electron chi connectivity index (χ0n) is 15.0. The first kappa shape index (κ1) is 18.5. The number of fused-ring (bicyclic) bond motifs is 2. The number of carbonyl (C=O) groups excluding carboxylic acids is 1. The minimum absolute atomic E-state index is 0.198. The minimum Gasteiger partial charge on any atom is -0.508 e. The van der Waals surface area contributed by atoms with Gasteiger partial charge in [0.05, 0.1) is 6.61 Å². The number of phenols is 1. The van der Waals surface area contributed by atoms with Crippen molar-refractivity contribution in [3.63, 3.8) is 0 Å². The van der Waals surface area contributed by atoms with Crippen LogP contribution in [0.3, 0.4) is 0 Å². The van der Waals surface area contributed by atoms with E-state index in [1.54, 1.807) is 44.2 Å². The van der Waals surface area contributed by atoms with Gasteiger partial charge in [0.25, 0.3) is 0 Å². The van der Waals surface area contributed by atoms with E-state index in [-0.39, 0.29) is 25.3 Å². The molecule has 1 N–H and O–H groups in total. The fourth-order valence-corrected chi connectivity index (χ4v) is 2.35. The highest BCUT2D eigenvalue weighted by Gasteiger charge is 2.18. The first-order valence-electron chi connectivity index (χ1n) is 8.38. The van der Waals surface area contributed by atoms with E-state index in [1.165, 1.54) is 6.07 Å². The van der Waals surface area contributed by atoms with Crippen molar-refractivity contribution in [2.75, 3.05) is 20.2 Å². The van der Waals surface area contributed by atoms with Gasteiger partial charge in [-0.3, -0.25) is 0 Å². The van der Waals surface area contributed by atoms with E-state index in [0.717, 1.165) is 0 Å². The molecule has 0 aromatic heterocycles. The van der Waals surface area contributed by atoms with Crippen LogP contribution in [0.5, 0.6) is 34.5 Å². The summed E-state index contributed by atoms with van der Waals surface area (Å²) in [6, 6.07) is 9.93. The maximum Gasteiger partial charge on any atom is 0.347 e. The lowest BCUT2D eigenvalue weighted by Crippen LogP contribution is -2.25. The third kappa shape index (κ3) is 4.66. The van der Waals surface area contributed by atoms with Gasteiger partial charge in [-0.1, -0.05) is 0 Å². The summed E-state index contributed by atoms with van der Waals surface area (Å²) in [5.74, 6) is 2.97.